The summed E-state index contributed by atoms with van der Waals surface area (Å²) in [5.74, 6) is 1.35. The molecule has 0 aromatic heterocycles. The monoisotopic (exact) mass is 283 g/mol. The van der Waals surface area contributed by atoms with Crippen LogP contribution in [-0.2, 0) is 0 Å². The van der Waals surface area contributed by atoms with Crippen molar-refractivity contribution in [2.45, 2.75) is 26.4 Å². The molecule has 0 fully saturated rings. The highest BCUT2D eigenvalue weighted by molar-refractivity contribution is 5.43. The van der Waals surface area contributed by atoms with E-state index >= 15 is 0 Å². The minimum Gasteiger partial charge on any atom is -0.490 e. The molecule has 0 spiro atoms. The quantitative estimate of drug-likeness (QED) is 0.568. The highest BCUT2D eigenvalue weighted by Gasteiger charge is 2.12. The summed E-state index contributed by atoms with van der Waals surface area (Å²) in [5, 5.41) is 21.9. The molecule has 0 aliphatic rings. The summed E-state index contributed by atoms with van der Waals surface area (Å²) in [5.41, 5.74) is 0.786. The van der Waals surface area contributed by atoms with Gasteiger partial charge in [0.1, 0.15) is 0 Å². The first-order chi connectivity index (χ1) is 9.72. The topological polar surface area (TPSA) is 71.0 Å². The van der Waals surface area contributed by atoms with Crippen LogP contribution in [0.3, 0.4) is 0 Å². The van der Waals surface area contributed by atoms with Gasteiger partial charge in [-0.3, -0.25) is 0 Å². The van der Waals surface area contributed by atoms with Crippen LogP contribution in [0.5, 0.6) is 11.5 Å². The molecule has 3 N–H and O–H groups in total. The van der Waals surface area contributed by atoms with E-state index in [0.29, 0.717) is 44.2 Å². The van der Waals surface area contributed by atoms with E-state index in [9.17, 15) is 5.11 Å². The molecule has 0 aliphatic carbocycles. The number of rotatable bonds is 10. The van der Waals surface area contributed by atoms with Gasteiger partial charge in [-0.25, -0.2) is 0 Å². The third-order valence-electron chi connectivity index (χ3n) is 2.80. The van der Waals surface area contributed by atoms with Gasteiger partial charge in [0.05, 0.1) is 19.3 Å². The lowest BCUT2D eigenvalue weighted by molar-refractivity contribution is 0.172. The van der Waals surface area contributed by atoms with Gasteiger partial charge < -0.3 is 25.0 Å². The van der Waals surface area contributed by atoms with E-state index in [0.717, 1.165) is 5.56 Å². The summed E-state index contributed by atoms with van der Waals surface area (Å²) in [7, 11) is 0. The Balaban J connectivity index is 2.66. The molecule has 5 heteroatoms. The maximum atomic E-state index is 10.1. The number of aliphatic hydroxyl groups is 2. The Morgan fingerprint density at radius 2 is 1.85 bits per heavy atom. The molecule has 0 amide bonds. The van der Waals surface area contributed by atoms with Crippen LogP contribution in [0.15, 0.2) is 18.2 Å². The van der Waals surface area contributed by atoms with Crippen molar-refractivity contribution in [2.24, 2.45) is 0 Å². The van der Waals surface area contributed by atoms with Gasteiger partial charge >= 0.3 is 0 Å². The second-order valence-corrected chi connectivity index (χ2v) is 4.37. The minimum absolute atomic E-state index is 0.153. The van der Waals surface area contributed by atoms with Crippen molar-refractivity contribution in [3.63, 3.8) is 0 Å². The van der Waals surface area contributed by atoms with Crippen molar-refractivity contribution < 1.29 is 19.7 Å². The van der Waals surface area contributed by atoms with Crippen LogP contribution in [0.2, 0.25) is 0 Å². The zero-order valence-corrected chi connectivity index (χ0v) is 12.3. The van der Waals surface area contributed by atoms with Gasteiger partial charge in [0, 0.05) is 13.2 Å². The fourth-order valence-corrected chi connectivity index (χ4v) is 1.84. The Bertz CT molecular complexity index is 384. The summed E-state index contributed by atoms with van der Waals surface area (Å²) in [6.07, 6.45) is 0.0729. The van der Waals surface area contributed by atoms with Gasteiger partial charge in [-0.05, 0) is 44.5 Å². The molecule has 5 nitrogen and oxygen atoms in total. The maximum absolute atomic E-state index is 10.1. The summed E-state index contributed by atoms with van der Waals surface area (Å²) in [4.78, 5) is 0. The molecule has 1 unspecified atom stereocenters. The van der Waals surface area contributed by atoms with Crippen LogP contribution in [-0.4, -0.2) is 43.1 Å². The van der Waals surface area contributed by atoms with E-state index in [4.69, 9.17) is 14.6 Å². The molecule has 0 bridgehead atoms. The first-order valence-corrected chi connectivity index (χ1v) is 7.12. The normalized spacial score (nSPS) is 12.2. The van der Waals surface area contributed by atoms with Gasteiger partial charge in [0.15, 0.2) is 11.5 Å². The molecule has 114 valence electrons. The smallest absolute Gasteiger partial charge is 0.161 e. The predicted molar refractivity (Wildman–Crippen MR) is 78.3 cm³/mol. The Morgan fingerprint density at radius 3 is 2.50 bits per heavy atom. The van der Waals surface area contributed by atoms with Crippen molar-refractivity contribution in [2.75, 3.05) is 32.9 Å². The lowest BCUT2D eigenvalue weighted by Gasteiger charge is -2.16. The SMILES string of the molecule is CCOc1ccc(C(O)CNCCCO)cc1OCC. The van der Waals surface area contributed by atoms with E-state index in [1.54, 1.807) is 0 Å². The highest BCUT2D eigenvalue weighted by Crippen LogP contribution is 2.30. The molecule has 20 heavy (non-hydrogen) atoms. The molecule has 0 saturated carbocycles. The van der Waals surface area contributed by atoms with Crippen LogP contribution in [0, 0.1) is 0 Å². The molecule has 0 saturated heterocycles. The van der Waals surface area contributed by atoms with Gasteiger partial charge in [-0.2, -0.15) is 0 Å². The number of nitrogens with one attached hydrogen (secondary N) is 1. The van der Waals surface area contributed by atoms with E-state index in [-0.39, 0.29) is 6.61 Å². The summed E-state index contributed by atoms with van der Waals surface area (Å²) >= 11 is 0. The van der Waals surface area contributed by atoms with Crippen LogP contribution in [0.4, 0.5) is 0 Å². The van der Waals surface area contributed by atoms with E-state index in [1.807, 2.05) is 32.0 Å². The predicted octanol–water partition coefficient (Wildman–Crippen LogP) is 1.49. The number of hydrogen-bond donors (Lipinski definition) is 3. The standard InChI is InChI=1S/C15H25NO4/c1-3-19-14-7-6-12(10-15(14)20-4-2)13(18)11-16-8-5-9-17/h6-7,10,13,16-18H,3-5,8-9,11H2,1-2H3. The van der Waals surface area contributed by atoms with Crippen molar-refractivity contribution in [3.05, 3.63) is 23.8 Å². The molecular weight excluding hydrogens is 258 g/mol. The average Bonchev–Trinajstić information content (AvgIpc) is 2.45. The van der Waals surface area contributed by atoms with E-state index in [2.05, 4.69) is 5.32 Å². The zero-order chi connectivity index (χ0) is 14.8. The van der Waals surface area contributed by atoms with Crippen molar-refractivity contribution in [3.8, 4) is 11.5 Å². The second-order valence-electron chi connectivity index (χ2n) is 4.37. The highest BCUT2D eigenvalue weighted by atomic mass is 16.5. The molecule has 0 heterocycles. The van der Waals surface area contributed by atoms with Gasteiger partial charge in [-0.15, -0.1) is 0 Å². The lowest BCUT2D eigenvalue weighted by Crippen LogP contribution is -2.23. The molecule has 1 aromatic rings. The third-order valence-corrected chi connectivity index (χ3v) is 2.80. The number of ether oxygens (including phenoxy) is 2. The number of benzene rings is 1. The van der Waals surface area contributed by atoms with Crippen LogP contribution in [0.25, 0.3) is 0 Å². The molecule has 1 atom stereocenters. The second kappa shape index (κ2) is 9.58. The Hall–Kier alpha value is -1.30. The third kappa shape index (κ3) is 5.36. The average molecular weight is 283 g/mol. The van der Waals surface area contributed by atoms with Crippen LogP contribution in [0.1, 0.15) is 31.9 Å². The Kier molecular flexibility index (Phi) is 8.02. The molecular formula is C15H25NO4. The first-order valence-electron chi connectivity index (χ1n) is 7.12. The number of aliphatic hydroxyl groups excluding tert-OH is 2. The summed E-state index contributed by atoms with van der Waals surface area (Å²) in [6.45, 7) is 6.24. The zero-order valence-electron chi connectivity index (χ0n) is 12.3. The van der Waals surface area contributed by atoms with E-state index in [1.165, 1.54) is 0 Å². The molecule has 0 aliphatic heterocycles. The fourth-order valence-electron chi connectivity index (χ4n) is 1.84. The maximum Gasteiger partial charge on any atom is 0.161 e. The largest absolute Gasteiger partial charge is 0.490 e. The molecule has 1 aromatic carbocycles. The van der Waals surface area contributed by atoms with Gasteiger partial charge in [0.25, 0.3) is 0 Å². The van der Waals surface area contributed by atoms with E-state index < -0.39 is 6.10 Å². The Morgan fingerprint density at radius 1 is 1.15 bits per heavy atom. The summed E-state index contributed by atoms with van der Waals surface area (Å²) in [6, 6.07) is 5.47. The van der Waals surface area contributed by atoms with Crippen molar-refractivity contribution >= 4 is 0 Å². The number of hydrogen-bond acceptors (Lipinski definition) is 5. The molecule has 1 rings (SSSR count). The van der Waals surface area contributed by atoms with Gasteiger partial charge in [-0.1, -0.05) is 6.07 Å². The Labute approximate surface area is 120 Å². The fraction of sp³-hybridized carbons (Fsp3) is 0.600. The van der Waals surface area contributed by atoms with Crippen molar-refractivity contribution in [1.29, 1.82) is 0 Å². The van der Waals surface area contributed by atoms with Gasteiger partial charge in [0.2, 0.25) is 0 Å². The molecule has 0 radical (unpaired) electrons. The summed E-state index contributed by atoms with van der Waals surface area (Å²) < 4.78 is 11.0. The van der Waals surface area contributed by atoms with Crippen LogP contribution < -0.4 is 14.8 Å². The van der Waals surface area contributed by atoms with Crippen molar-refractivity contribution in [1.82, 2.24) is 5.32 Å². The lowest BCUT2D eigenvalue weighted by atomic mass is 10.1. The van der Waals surface area contributed by atoms with Crippen LogP contribution >= 0.6 is 0 Å². The first kappa shape index (κ1) is 16.8. The minimum atomic E-state index is -0.608.